The van der Waals surface area contributed by atoms with Gasteiger partial charge < -0.3 is 9.88 Å². The molecule has 1 atom stereocenters. The van der Waals surface area contributed by atoms with Gasteiger partial charge in [-0.3, -0.25) is 9.59 Å². The minimum atomic E-state index is -0.270. The number of nitrogens with zero attached hydrogens (tertiary/aromatic N) is 4. The van der Waals surface area contributed by atoms with Crippen LogP contribution in [0.1, 0.15) is 25.3 Å². The summed E-state index contributed by atoms with van der Waals surface area (Å²) < 4.78 is 1.89. The van der Waals surface area contributed by atoms with E-state index >= 15 is 0 Å². The maximum Gasteiger partial charge on any atom is 0.267 e. The fourth-order valence-corrected chi connectivity index (χ4v) is 2.87. The monoisotopic (exact) mass is 373 g/mol. The van der Waals surface area contributed by atoms with E-state index in [1.165, 1.54) is 5.01 Å². The highest BCUT2D eigenvalue weighted by molar-refractivity contribution is 6.40. The second kappa shape index (κ2) is 7.70. The lowest BCUT2D eigenvalue weighted by atomic mass is 10.1. The predicted octanol–water partition coefficient (Wildman–Crippen LogP) is 2.53. The molecule has 1 N–H and O–H groups in total. The molecule has 0 aliphatic carbocycles. The maximum atomic E-state index is 12.5. The van der Waals surface area contributed by atoms with Crippen LogP contribution in [0, 0.1) is 6.92 Å². The molecule has 1 aliphatic rings. The van der Waals surface area contributed by atoms with Gasteiger partial charge in [0.15, 0.2) is 0 Å². The van der Waals surface area contributed by atoms with Gasteiger partial charge in [-0.25, -0.2) is 9.99 Å². The van der Waals surface area contributed by atoms with E-state index in [1.807, 2.05) is 30.7 Å². The van der Waals surface area contributed by atoms with Crippen LogP contribution in [-0.2, 0) is 16.1 Å². The minimum Gasteiger partial charge on any atom is -0.347 e. The summed E-state index contributed by atoms with van der Waals surface area (Å²) in [5, 5.41) is 8.98. The number of imidazole rings is 1. The molecule has 0 spiro atoms. The highest BCUT2D eigenvalue weighted by Gasteiger charge is 2.26. The van der Waals surface area contributed by atoms with Crippen molar-refractivity contribution in [3.05, 3.63) is 47.5 Å². The third kappa shape index (κ3) is 4.11. The van der Waals surface area contributed by atoms with Crippen molar-refractivity contribution < 1.29 is 9.59 Å². The van der Waals surface area contributed by atoms with Gasteiger partial charge in [-0.2, -0.15) is 5.10 Å². The zero-order chi connectivity index (χ0) is 18.7. The molecule has 1 aliphatic heterocycles. The number of benzene rings is 1. The molecule has 26 heavy (non-hydrogen) atoms. The normalized spacial score (nSPS) is 15.6. The Balaban J connectivity index is 1.73. The Bertz CT molecular complexity index is 847. The van der Waals surface area contributed by atoms with Gasteiger partial charge >= 0.3 is 0 Å². The first kappa shape index (κ1) is 18.1. The third-order valence-electron chi connectivity index (χ3n) is 4.12. The minimum absolute atomic E-state index is 0.0979. The molecule has 8 heteroatoms. The fraction of sp³-hybridized carbons (Fsp3) is 0.333. The van der Waals surface area contributed by atoms with Gasteiger partial charge in [-0.15, -0.1) is 0 Å². The van der Waals surface area contributed by atoms with Crippen molar-refractivity contribution in [2.75, 3.05) is 5.01 Å². The van der Waals surface area contributed by atoms with Crippen LogP contribution in [-0.4, -0.2) is 33.1 Å². The topological polar surface area (TPSA) is 79.6 Å². The smallest absolute Gasteiger partial charge is 0.267 e. The SMILES string of the molecule is Cc1ccc(N2N=C(C(=O)N[C@@H](C)Cn3ccnc3)CCC2=O)cc1Cl. The van der Waals surface area contributed by atoms with Crippen LogP contribution in [0.25, 0.3) is 0 Å². The second-order valence-corrected chi connectivity index (χ2v) is 6.73. The van der Waals surface area contributed by atoms with Crippen molar-refractivity contribution in [2.24, 2.45) is 5.10 Å². The first-order chi connectivity index (χ1) is 12.4. The molecule has 0 saturated carbocycles. The molecule has 3 rings (SSSR count). The van der Waals surface area contributed by atoms with E-state index in [2.05, 4.69) is 15.4 Å². The van der Waals surface area contributed by atoms with Crippen molar-refractivity contribution in [2.45, 2.75) is 39.3 Å². The number of hydrogen-bond acceptors (Lipinski definition) is 4. The van der Waals surface area contributed by atoms with Crippen molar-refractivity contribution in [1.29, 1.82) is 0 Å². The number of anilines is 1. The van der Waals surface area contributed by atoms with Crippen LogP contribution >= 0.6 is 11.6 Å². The summed E-state index contributed by atoms with van der Waals surface area (Å²) in [4.78, 5) is 28.7. The van der Waals surface area contributed by atoms with Gasteiger partial charge in [0.2, 0.25) is 5.91 Å². The van der Waals surface area contributed by atoms with Crippen LogP contribution in [0.15, 0.2) is 42.0 Å². The van der Waals surface area contributed by atoms with Crippen molar-refractivity contribution in [1.82, 2.24) is 14.9 Å². The zero-order valence-corrected chi connectivity index (χ0v) is 15.4. The highest BCUT2D eigenvalue weighted by Crippen LogP contribution is 2.26. The van der Waals surface area contributed by atoms with E-state index in [0.29, 0.717) is 29.4 Å². The summed E-state index contributed by atoms with van der Waals surface area (Å²) in [6.07, 6.45) is 5.77. The number of aromatic nitrogens is 2. The average Bonchev–Trinajstić information content (AvgIpc) is 3.10. The lowest BCUT2D eigenvalue weighted by Crippen LogP contribution is -2.43. The number of aryl methyl sites for hydroxylation is 1. The molecule has 0 radical (unpaired) electrons. The number of rotatable bonds is 5. The van der Waals surface area contributed by atoms with E-state index in [4.69, 9.17) is 11.6 Å². The summed E-state index contributed by atoms with van der Waals surface area (Å²) in [7, 11) is 0. The van der Waals surface area contributed by atoms with Crippen LogP contribution in [0.5, 0.6) is 0 Å². The van der Waals surface area contributed by atoms with Gasteiger partial charge in [0.25, 0.3) is 5.91 Å². The molecular weight excluding hydrogens is 354 g/mol. The zero-order valence-electron chi connectivity index (χ0n) is 14.6. The van der Waals surface area contributed by atoms with E-state index in [1.54, 1.807) is 24.7 Å². The van der Waals surface area contributed by atoms with E-state index in [-0.39, 0.29) is 24.3 Å². The Kier molecular flexibility index (Phi) is 5.37. The van der Waals surface area contributed by atoms with Crippen LogP contribution < -0.4 is 10.3 Å². The number of amides is 2. The summed E-state index contributed by atoms with van der Waals surface area (Å²) in [6, 6.07) is 5.17. The van der Waals surface area contributed by atoms with Gasteiger partial charge in [0.05, 0.1) is 12.0 Å². The molecule has 0 unspecified atom stereocenters. The van der Waals surface area contributed by atoms with Crippen LogP contribution in [0.3, 0.4) is 0 Å². The Hall–Kier alpha value is -2.67. The van der Waals surface area contributed by atoms with Gasteiger partial charge in [-0.05, 0) is 31.5 Å². The standard InChI is InChI=1S/C18H20ClN5O2/c1-12-3-4-14(9-15(12)19)24-17(25)6-5-16(22-24)18(26)21-13(2)10-23-8-7-20-11-23/h3-4,7-9,11,13H,5-6,10H2,1-2H3,(H,21,26)/t13-/m0/s1. The Morgan fingerprint density at radius 2 is 2.19 bits per heavy atom. The number of hydrogen-bond donors (Lipinski definition) is 1. The average molecular weight is 374 g/mol. The fourth-order valence-electron chi connectivity index (χ4n) is 2.70. The molecule has 0 fully saturated rings. The summed E-state index contributed by atoms with van der Waals surface area (Å²) in [5.74, 6) is -0.429. The number of hydrazone groups is 1. The molecule has 7 nitrogen and oxygen atoms in total. The molecule has 136 valence electrons. The van der Waals surface area contributed by atoms with Crippen molar-refractivity contribution in [3.63, 3.8) is 0 Å². The van der Waals surface area contributed by atoms with Crippen molar-refractivity contribution in [3.8, 4) is 0 Å². The van der Waals surface area contributed by atoms with Crippen LogP contribution in [0.4, 0.5) is 5.69 Å². The molecular formula is C18H20ClN5O2. The molecule has 1 aromatic carbocycles. The lowest BCUT2D eigenvalue weighted by molar-refractivity contribution is -0.119. The number of nitrogens with one attached hydrogen (secondary N) is 1. The summed E-state index contributed by atoms with van der Waals surface area (Å²) >= 11 is 6.14. The number of carbonyl (C=O) groups excluding carboxylic acids is 2. The number of halogens is 1. The highest BCUT2D eigenvalue weighted by atomic mass is 35.5. The van der Waals surface area contributed by atoms with Gasteiger partial charge in [-0.1, -0.05) is 17.7 Å². The quantitative estimate of drug-likeness (QED) is 0.874. The molecule has 1 aromatic heterocycles. The summed E-state index contributed by atoms with van der Waals surface area (Å²) in [5.41, 5.74) is 1.80. The lowest BCUT2D eigenvalue weighted by Gasteiger charge is -2.24. The molecule has 0 saturated heterocycles. The van der Waals surface area contributed by atoms with Crippen LogP contribution in [0.2, 0.25) is 5.02 Å². The Morgan fingerprint density at radius 3 is 2.88 bits per heavy atom. The molecule has 0 bridgehead atoms. The molecule has 2 aromatic rings. The van der Waals surface area contributed by atoms with Crippen molar-refractivity contribution >= 4 is 34.8 Å². The second-order valence-electron chi connectivity index (χ2n) is 6.32. The largest absolute Gasteiger partial charge is 0.347 e. The van der Waals surface area contributed by atoms with E-state index < -0.39 is 0 Å². The third-order valence-corrected chi connectivity index (χ3v) is 4.52. The predicted molar refractivity (Wildman–Crippen MR) is 100 cm³/mol. The molecule has 2 amide bonds. The van der Waals surface area contributed by atoms with Gasteiger partial charge in [0.1, 0.15) is 5.71 Å². The molecule has 2 heterocycles. The first-order valence-corrected chi connectivity index (χ1v) is 8.75. The Labute approximate surface area is 156 Å². The Morgan fingerprint density at radius 1 is 1.38 bits per heavy atom. The van der Waals surface area contributed by atoms with Gasteiger partial charge in [0, 0.05) is 42.8 Å². The summed E-state index contributed by atoms with van der Waals surface area (Å²) in [6.45, 7) is 4.40. The van der Waals surface area contributed by atoms with E-state index in [9.17, 15) is 9.59 Å². The maximum absolute atomic E-state index is 12.5. The number of carbonyl (C=O) groups is 2. The van der Waals surface area contributed by atoms with E-state index in [0.717, 1.165) is 5.56 Å². The first-order valence-electron chi connectivity index (χ1n) is 8.37.